The standard InChI is InChI=1S/C22H34N2O4S/c25-29(26,24-13-15-27-16-14-24)22-10-8-21(9-11-22)28-17-12-23(18-19-6-7-19)20-4-2-1-3-5-20/h8-11,19-20H,1-7,12-18H2. The van der Waals surface area contributed by atoms with Crippen molar-refractivity contribution in [2.75, 3.05) is 46.0 Å². The molecule has 0 N–H and O–H groups in total. The van der Waals surface area contributed by atoms with Crippen LogP contribution in [0.1, 0.15) is 44.9 Å². The second-order valence-electron chi connectivity index (χ2n) is 8.57. The zero-order chi connectivity index (χ0) is 20.1. The van der Waals surface area contributed by atoms with E-state index in [0.717, 1.165) is 18.2 Å². The molecule has 1 saturated heterocycles. The van der Waals surface area contributed by atoms with E-state index in [1.165, 1.54) is 55.8 Å². The molecule has 6 nitrogen and oxygen atoms in total. The van der Waals surface area contributed by atoms with Crippen LogP contribution < -0.4 is 4.74 Å². The number of nitrogens with zero attached hydrogens (tertiary/aromatic N) is 2. The van der Waals surface area contributed by atoms with Crippen molar-refractivity contribution in [1.29, 1.82) is 0 Å². The van der Waals surface area contributed by atoms with Crippen molar-refractivity contribution in [2.45, 2.75) is 55.9 Å². The van der Waals surface area contributed by atoms with Gasteiger partial charge in [-0.25, -0.2) is 8.42 Å². The largest absolute Gasteiger partial charge is 0.492 e. The molecule has 1 aromatic rings. The molecule has 3 fully saturated rings. The van der Waals surface area contributed by atoms with Gasteiger partial charge in [0, 0.05) is 32.2 Å². The van der Waals surface area contributed by atoms with Gasteiger partial charge in [-0.1, -0.05) is 19.3 Å². The fourth-order valence-electron chi connectivity index (χ4n) is 4.43. The van der Waals surface area contributed by atoms with Crippen LogP contribution in [0.2, 0.25) is 0 Å². The molecule has 0 spiro atoms. The molecule has 0 bridgehead atoms. The van der Waals surface area contributed by atoms with Gasteiger partial charge in [0.1, 0.15) is 12.4 Å². The average molecular weight is 423 g/mol. The van der Waals surface area contributed by atoms with Crippen molar-refractivity contribution in [1.82, 2.24) is 9.21 Å². The number of hydrogen-bond acceptors (Lipinski definition) is 5. The molecule has 0 unspecified atom stereocenters. The van der Waals surface area contributed by atoms with Crippen LogP contribution in [0.5, 0.6) is 5.75 Å². The van der Waals surface area contributed by atoms with Crippen LogP contribution in [0.4, 0.5) is 0 Å². The molecule has 1 heterocycles. The van der Waals surface area contributed by atoms with E-state index in [1.54, 1.807) is 24.3 Å². The molecule has 1 aliphatic heterocycles. The molecule has 29 heavy (non-hydrogen) atoms. The molecule has 3 aliphatic rings. The third-order valence-corrected chi connectivity index (χ3v) is 8.27. The highest BCUT2D eigenvalue weighted by Gasteiger charge is 2.29. The van der Waals surface area contributed by atoms with Crippen molar-refractivity contribution in [3.05, 3.63) is 24.3 Å². The first-order chi connectivity index (χ1) is 14.1. The fraction of sp³-hybridized carbons (Fsp3) is 0.727. The minimum atomic E-state index is -3.44. The molecule has 4 rings (SSSR count). The summed E-state index contributed by atoms with van der Waals surface area (Å²) >= 11 is 0. The molecule has 7 heteroatoms. The quantitative estimate of drug-likeness (QED) is 0.612. The Bertz CT molecular complexity index is 737. The molecule has 162 valence electrons. The molecule has 0 amide bonds. The van der Waals surface area contributed by atoms with Crippen molar-refractivity contribution in [3.63, 3.8) is 0 Å². The molecule has 0 radical (unpaired) electrons. The van der Waals surface area contributed by atoms with E-state index in [2.05, 4.69) is 4.90 Å². The van der Waals surface area contributed by atoms with Gasteiger partial charge in [-0.2, -0.15) is 4.31 Å². The van der Waals surface area contributed by atoms with E-state index in [-0.39, 0.29) is 0 Å². The predicted molar refractivity (Wildman–Crippen MR) is 113 cm³/mol. The van der Waals surface area contributed by atoms with Gasteiger partial charge < -0.3 is 9.47 Å². The monoisotopic (exact) mass is 422 g/mol. The predicted octanol–water partition coefficient (Wildman–Crippen LogP) is 3.13. The van der Waals surface area contributed by atoms with Crippen LogP contribution >= 0.6 is 0 Å². The van der Waals surface area contributed by atoms with Crippen LogP contribution in [0.15, 0.2) is 29.2 Å². The number of sulfonamides is 1. The van der Waals surface area contributed by atoms with Gasteiger partial charge >= 0.3 is 0 Å². The van der Waals surface area contributed by atoms with E-state index in [1.807, 2.05) is 0 Å². The normalized spacial score (nSPS) is 22.1. The SMILES string of the molecule is O=S(=O)(c1ccc(OCCN(CC2CC2)C2CCCCC2)cc1)N1CCOCC1. The smallest absolute Gasteiger partial charge is 0.243 e. The highest BCUT2D eigenvalue weighted by atomic mass is 32.2. The topological polar surface area (TPSA) is 59.1 Å². The Hall–Kier alpha value is -1.15. The summed E-state index contributed by atoms with van der Waals surface area (Å²) in [6.07, 6.45) is 9.48. The Morgan fingerprint density at radius 2 is 1.69 bits per heavy atom. The number of morpholine rings is 1. The van der Waals surface area contributed by atoms with Crippen molar-refractivity contribution < 1.29 is 17.9 Å². The first-order valence-electron chi connectivity index (χ1n) is 11.2. The van der Waals surface area contributed by atoms with Gasteiger partial charge in [0.2, 0.25) is 10.0 Å². The number of hydrogen-bond donors (Lipinski definition) is 0. The van der Waals surface area contributed by atoms with E-state index < -0.39 is 10.0 Å². The Labute approximate surface area is 175 Å². The summed E-state index contributed by atoms with van der Waals surface area (Å²) < 4.78 is 38.1. The zero-order valence-electron chi connectivity index (χ0n) is 17.3. The summed E-state index contributed by atoms with van der Waals surface area (Å²) in [5, 5.41) is 0. The Balaban J connectivity index is 1.30. The van der Waals surface area contributed by atoms with Crippen LogP contribution in [-0.2, 0) is 14.8 Å². The summed E-state index contributed by atoms with van der Waals surface area (Å²) in [7, 11) is -3.44. The Morgan fingerprint density at radius 1 is 1.00 bits per heavy atom. The summed E-state index contributed by atoms with van der Waals surface area (Å²) in [5.74, 6) is 1.63. The lowest BCUT2D eigenvalue weighted by atomic mass is 9.94. The third kappa shape index (κ3) is 5.72. The van der Waals surface area contributed by atoms with E-state index >= 15 is 0 Å². The van der Waals surface area contributed by atoms with Gasteiger partial charge in [0.05, 0.1) is 18.1 Å². The maximum absolute atomic E-state index is 12.7. The number of benzene rings is 1. The molecule has 2 saturated carbocycles. The fourth-order valence-corrected chi connectivity index (χ4v) is 5.83. The molecule has 0 atom stereocenters. The van der Waals surface area contributed by atoms with Crippen molar-refractivity contribution >= 4 is 10.0 Å². The van der Waals surface area contributed by atoms with Crippen LogP contribution in [0.3, 0.4) is 0 Å². The van der Waals surface area contributed by atoms with E-state index in [0.29, 0.717) is 43.8 Å². The number of rotatable bonds is 9. The summed E-state index contributed by atoms with van der Waals surface area (Å²) in [6.45, 7) is 4.56. The first kappa shape index (κ1) is 21.1. The molecular formula is C22H34N2O4S. The third-order valence-electron chi connectivity index (χ3n) is 6.36. The molecule has 1 aromatic carbocycles. The molecular weight excluding hydrogens is 388 g/mol. The van der Waals surface area contributed by atoms with E-state index in [4.69, 9.17) is 9.47 Å². The highest BCUT2D eigenvalue weighted by molar-refractivity contribution is 7.89. The Kier molecular flexibility index (Phi) is 7.11. The average Bonchev–Trinajstić information content (AvgIpc) is 3.59. The highest BCUT2D eigenvalue weighted by Crippen LogP contribution is 2.32. The lowest BCUT2D eigenvalue weighted by molar-refractivity contribution is 0.0730. The lowest BCUT2D eigenvalue weighted by Gasteiger charge is -2.34. The van der Waals surface area contributed by atoms with Gasteiger partial charge in [0.25, 0.3) is 0 Å². The van der Waals surface area contributed by atoms with Crippen LogP contribution in [0, 0.1) is 5.92 Å². The van der Waals surface area contributed by atoms with E-state index in [9.17, 15) is 8.42 Å². The minimum absolute atomic E-state index is 0.323. The van der Waals surface area contributed by atoms with Gasteiger partial charge in [-0.05, 0) is 55.9 Å². The van der Waals surface area contributed by atoms with Crippen molar-refractivity contribution in [3.8, 4) is 5.75 Å². The maximum Gasteiger partial charge on any atom is 0.243 e. The van der Waals surface area contributed by atoms with Crippen LogP contribution in [0.25, 0.3) is 0 Å². The van der Waals surface area contributed by atoms with Crippen molar-refractivity contribution in [2.24, 2.45) is 5.92 Å². The lowest BCUT2D eigenvalue weighted by Crippen LogP contribution is -2.40. The maximum atomic E-state index is 12.7. The summed E-state index contributed by atoms with van der Waals surface area (Å²) in [6, 6.07) is 7.58. The molecule has 2 aliphatic carbocycles. The Morgan fingerprint density at radius 3 is 2.34 bits per heavy atom. The van der Waals surface area contributed by atoms with Gasteiger partial charge in [0.15, 0.2) is 0 Å². The minimum Gasteiger partial charge on any atom is -0.492 e. The van der Waals surface area contributed by atoms with Gasteiger partial charge in [-0.3, -0.25) is 4.90 Å². The summed E-state index contributed by atoms with van der Waals surface area (Å²) in [5.41, 5.74) is 0. The second kappa shape index (κ2) is 9.77. The first-order valence-corrected chi connectivity index (χ1v) is 12.6. The summed E-state index contributed by atoms with van der Waals surface area (Å²) in [4.78, 5) is 2.97. The second-order valence-corrected chi connectivity index (χ2v) is 10.5. The van der Waals surface area contributed by atoms with Gasteiger partial charge in [-0.15, -0.1) is 0 Å². The van der Waals surface area contributed by atoms with Crippen LogP contribution in [-0.4, -0.2) is 69.7 Å². The zero-order valence-corrected chi connectivity index (χ0v) is 18.1. The molecule has 0 aromatic heterocycles. The number of ether oxygens (including phenoxy) is 2.